The second-order valence-electron chi connectivity index (χ2n) is 8.11. The van der Waals surface area contributed by atoms with Gasteiger partial charge < -0.3 is 20.3 Å². The SMILES string of the molecule is CC(C)CC(NC(=O)c1c(NCC(=O)c2cccc(Cl)c2)nc2n1CCCC2)C(=O)O. The fraction of sp³-hybridized carbons (Fsp3) is 0.455. The van der Waals surface area contributed by atoms with Crippen LogP contribution < -0.4 is 10.6 Å². The quantitative estimate of drug-likeness (QED) is 0.509. The number of halogens is 1. The van der Waals surface area contributed by atoms with Gasteiger partial charge in [0.15, 0.2) is 17.3 Å². The summed E-state index contributed by atoms with van der Waals surface area (Å²) in [6.07, 6.45) is 2.90. The molecule has 1 aromatic heterocycles. The number of anilines is 1. The highest BCUT2D eigenvalue weighted by Crippen LogP contribution is 2.24. The smallest absolute Gasteiger partial charge is 0.326 e. The molecule has 3 N–H and O–H groups in total. The van der Waals surface area contributed by atoms with Crippen LogP contribution in [-0.4, -0.2) is 44.9 Å². The topological polar surface area (TPSA) is 113 Å². The van der Waals surface area contributed by atoms with Crippen molar-refractivity contribution < 1.29 is 19.5 Å². The standard InChI is InChI=1S/C22H27ClN4O4/c1-13(2)10-16(22(30)31)25-21(29)19-20(26-18-8-3-4-9-27(18)19)24-12-17(28)14-6-5-7-15(23)11-14/h5-7,11,13,16,24H,3-4,8-10,12H2,1-2H3,(H,25,29)(H,30,31). The number of carbonyl (C=O) groups is 3. The number of amides is 1. The molecule has 9 heteroatoms. The van der Waals surface area contributed by atoms with E-state index in [0.717, 1.165) is 25.1 Å². The predicted octanol–water partition coefficient (Wildman–Crippen LogP) is 3.40. The molecule has 1 aliphatic heterocycles. The van der Waals surface area contributed by atoms with E-state index in [1.165, 1.54) is 0 Å². The summed E-state index contributed by atoms with van der Waals surface area (Å²) in [6, 6.07) is 5.65. The van der Waals surface area contributed by atoms with Crippen LogP contribution in [0, 0.1) is 5.92 Å². The molecule has 1 atom stereocenters. The first-order valence-corrected chi connectivity index (χ1v) is 10.8. The van der Waals surface area contributed by atoms with Gasteiger partial charge in [-0.1, -0.05) is 37.6 Å². The zero-order valence-corrected chi connectivity index (χ0v) is 18.4. The van der Waals surface area contributed by atoms with Gasteiger partial charge in [0.2, 0.25) is 0 Å². The van der Waals surface area contributed by atoms with Gasteiger partial charge in [-0.3, -0.25) is 9.59 Å². The number of fused-ring (bicyclic) bond motifs is 1. The summed E-state index contributed by atoms with van der Waals surface area (Å²) >= 11 is 5.96. The fourth-order valence-electron chi connectivity index (χ4n) is 3.68. The summed E-state index contributed by atoms with van der Waals surface area (Å²) in [6.45, 7) is 4.36. The van der Waals surface area contributed by atoms with Crippen LogP contribution in [-0.2, 0) is 17.8 Å². The number of nitrogens with one attached hydrogen (secondary N) is 2. The number of carboxylic acids is 1. The van der Waals surface area contributed by atoms with Crippen molar-refractivity contribution in [3.8, 4) is 0 Å². The Balaban J connectivity index is 1.82. The average Bonchev–Trinajstić information content (AvgIpc) is 3.09. The van der Waals surface area contributed by atoms with Gasteiger partial charge >= 0.3 is 5.97 Å². The molecule has 2 heterocycles. The number of carboxylic acid groups (broad SMARTS) is 1. The molecule has 0 aliphatic carbocycles. The van der Waals surface area contributed by atoms with Crippen molar-refractivity contribution in [2.75, 3.05) is 11.9 Å². The van der Waals surface area contributed by atoms with Crippen molar-refractivity contribution in [1.29, 1.82) is 0 Å². The highest BCUT2D eigenvalue weighted by Gasteiger charge is 2.29. The summed E-state index contributed by atoms with van der Waals surface area (Å²) < 4.78 is 1.82. The number of nitrogens with zero attached hydrogens (tertiary/aromatic N) is 2. The van der Waals surface area contributed by atoms with Gasteiger partial charge in [-0.25, -0.2) is 9.78 Å². The van der Waals surface area contributed by atoms with Gasteiger partial charge in [0.05, 0.1) is 6.54 Å². The normalized spacial score (nSPS) is 14.1. The van der Waals surface area contributed by atoms with Gasteiger partial charge in [-0.05, 0) is 37.3 Å². The van der Waals surface area contributed by atoms with E-state index in [1.807, 2.05) is 18.4 Å². The largest absolute Gasteiger partial charge is 0.480 e. The van der Waals surface area contributed by atoms with Crippen molar-refractivity contribution in [2.24, 2.45) is 5.92 Å². The monoisotopic (exact) mass is 446 g/mol. The molecule has 0 spiro atoms. The molecule has 0 saturated heterocycles. The lowest BCUT2D eigenvalue weighted by molar-refractivity contribution is -0.139. The third kappa shape index (κ3) is 5.64. The van der Waals surface area contributed by atoms with Gasteiger partial charge in [0.1, 0.15) is 11.9 Å². The Kier molecular flexibility index (Phi) is 7.33. The van der Waals surface area contributed by atoms with E-state index in [2.05, 4.69) is 15.6 Å². The van der Waals surface area contributed by atoms with Crippen molar-refractivity contribution in [3.63, 3.8) is 0 Å². The first-order valence-electron chi connectivity index (χ1n) is 10.4. The summed E-state index contributed by atoms with van der Waals surface area (Å²) in [5.41, 5.74) is 0.724. The highest BCUT2D eigenvalue weighted by molar-refractivity contribution is 6.31. The Bertz CT molecular complexity index is 986. The van der Waals surface area contributed by atoms with Crippen LogP contribution in [0.4, 0.5) is 5.82 Å². The first kappa shape index (κ1) is 22.8. The third-order valence-corrected chi connectivity index (χ3v) is 5.40. The lowest BCUT2D eigenvalue weighted by Gasteiger charge is -2.19. The minimum atomic E-state index is -1.08. The zero-order valence-electron chi connectivity index (χ0n) is 17.7. The van der Waals surface area contributed by atoms with E-state index in [-0.39, 0.29) is 23.9 Å². The molecule has 2 aromatic rings. The molecule has 1 unspecified atom stereocenters. The fourth-order valence-corrected chi connectivity index (χ4v) is 3.88. The average molecular weight is 447 g/mol. The van der Waals surface area contributed by atoms with E-state index >= 15 is 0 Å². The van der Waals surface area contributed by atoms with Crippen LogP contribution >= 0.6 is 11.6 Å². The molecular formula is C22H27ClN4O4. The van der Waals surface area contributed by atoms with Crippen LogP contribution in [0.2, 0.25) is 5.02 Å². The van der Waals surface area contributed by atoms with E-state index in [1.54, 1.807) is 24.3 Å². The molecule has 0 fully saturated rings. The Hall–Kier alpha value is -2.87. The van der Waals surface area contributed by atoms with Crippen LogP contribution in [0.3, 0.4) is 0 Å². The van der Waals surface area contributed by atoms with Gasteiger partial charge in [0.25, 0.3) is 5.91 Å². The summed E-state index contributed by atoms with van der Waals surface area (Å²) in [5, 5.41) is 15.6. The Labute approximate surface area is 186 Å². The molecule has 0 bridgehead atoms. The number of rotatable bonds is 9. The van der Waals surface area contributed by atoms with Gasteiger partial charge in [-0.15, -0.1) is 0 Å². The molecule has 166 valence electrons. The van der Waals surface area contributed by atoms with E-state index in [4.69, 9.17) is 11.6 Å². The number of aryl methyl sites for hydroxylation is 1. The summed E-state index contributed by atoms with van der Waals surface area (Å²) in [4.78, 5) is 41.8. The van der Waals surface area contributed by atoms with E-state index in [0.29, 0.717) is 29.4 Å². The number of hydrogen-bond acceptors (Lipinski definition) is 5. The maximum Gasteiger partial charge on any atom is 0.326 e. The second kappa shape index (κ2) is 9.96. The lowest BCUT2D eigenvalue weighted by atomic mass is 10.0. The second-order valence-corrected chi connectivity index (χ2v) is 8.55. The van der Waals surface area contributed by atoms with E-state index in [9.17, 15) is 19.5 Å². The van der Waals surface area contributed by atoms with Gasteiger partial charge in [-0.2, -0.15) is 0 Å². The van der Waals surface area contributed by atoms with Gasteiger partial charge in [0, 0.05) is 23.6 Å². The maximum absolute atomic E-state index is 13.1. The number of ketones is 1. The summed E-state index contributed by atoms with van der Waals surface area (Å²) in [7, 11) is 0. The van der Waals surface area contributed by atoms with Crippen LogP contribution in [0.15, 0.2) is 24.3 Å². The summed E-state index contributed by atoms with van der Waals surface area (Å²) in [5.74, 6) is -0.627. The van der Waals surface area contributed by atoms with Crippen molar-refractivity contribution in [1.82, 2.24) is 14.9 Å². The number of hydrogen-bond donors (Lipinski definition) is 3. The van der Waals surface area contributed by atoms with Crippen LogP contribution in [0.1, 0.15) is 59.8 Å². The number of Topliss-reactive ketones (excluding diaryl/α,β-unsaturated/α-hetero) is 1. The molecule has 1 aromatic carbocycles. The number of carbonyl (C=O) groups excluding carboxylic acids is 2. The highest BCUT2D eigenvalue weighted by atomic mass is 35.5. The minimum absolute atomic E-state index is 0.0641. The molecule has 31 heavy (non-hydrogen) atoms. The van der Waals surface area contributed by atoms with Crippen molar-refractivity contribution in [2.45, 2.75) is 52.1 Å². The number of imidazole rings is 1. The Morgan fingerprint density at radius 3 is 2.71 bits per heavy atom. The number of aromatic nitrogens is 2. The molecule has 0 saturated carbocycles. The van der Waals surface area contributed by atoms with Crippen molar-refractivity contribution in [3.05, 3.63) is 46.4 Å². The third-order valence-electron chi connectivity index (χ3n) is 5.17. The van der Waals surface area contributed by atoms with Crippen LogP contribution in [0.5, 0.6) is 0 Å². The maximum atomic E-state index is 13.1. The Morgan fingerprint density at radius 1 is 1.26 bits per heavy atom. The van der Waals surface area contributed by atoms with Crippen molar-refractivity contribution >= 4 is 35.1 Å². The number of aliphatic carboxylic acids is 1. The molecule has 1 amide bonds. The lowest BCUT2D eigenvalue weighted by Crippen LogP contribution is -2.42. The minimum Gasteiger partial charge on any atom is -0.480 e. The van der Waals surface area contributed by atoms with Crippen LogP contribution in [0.25, 0.3) is 0 Å². The molecule has 0 radical (unpaired) electrons. The molecule has 3 rings (SSSR count). The first-order chi connectivity index (χ1) is 14.8. The van der Waals surface area contributed by atoms with E-state index < -0.39 is 17.9 Å². The number of benzene rings is 1. The zero-order chi connectivity index (χ0) is 22.5. The molecular weight excluding hydrogens is 420 g/mol. The molecule has 8 nitrogen and oxygen atoms in total. The molecule has 1 aliphatic rings. The Morgan fingerprint density at radius 2 is 2.03 bits per heavy atom. The predicted molar refractivity (Wildman–Crippen MR) is 118 cm³/mol.